The van der Waals surface area contributed by atoms with Gasteiger partial charge in [-0.2, -0.15) is 0 Å². The van der Waals surface area contributed by atoms with Crippen LogP contribution in [0.5, 0.6) is 0 Å². The van der Waals surface area contributed by atoms with Gasteiger partial charge in [0, 0.05) is 36.2 Å². The smallest absolute Gasteiger partial charge is 0.450 e. The number of nitrogens with zero attached hydrogens (tertiary/aromatic N) is 2. The number of anilines is 1. The number of fused-ring (bicyclic) bond motifs is 1. The number of carbonyl (C=O) groups is 2. The monoisotopic (exact) mass is 513 g/mol. The molecule has 1 aromatic heterocycles. The molecule has 1 saturated heterocycles. The number of carbonyl (C=O) groups excluding carboxylic acids is 1. The van der Waals surface area contributed by atoms with Gasteiger partial charge in [-0.1, -0.05) is 12.8 Å². The molecule has 0 spiro atoms. The number of nitrogens with one attached hydrogen (secondary N) is 1. The van der Waals surface area contributed by atoms with E-state index in [0.29, 0.717) is 28.6 Å². The van der Waals surface area contributed by atoms with Crippen molar-refractivity contribution >= 4 is 29.6 Å². The zero-order chi connectivity index (χ0) is 24.6. The number of carboxylic acid groups (broad SMARTS) is 1. The fraction of sp³-hybridized carbons (Fsp3) is 0.741. The Labute approximate surface area is 215 Å². The highest BCUT2D eigenvalue weighted by molar-refractivity contribution is 7.99. The van der Waals surface area contributed by atoms with Gasteiger partial charge in [-0.05, 0) is 74.8 Å². The van der Waals surface area contributed by atoms with Crippen LogP contribution >= 0.6 is 11.8 Å². The predicted octanol–water partition coefficient (Wildman–Crippen LogP) is 3.91. The summed E-state index contributed by atoms with van der Waals surface area (Å²) in [5.41, 5.74) is 0.162. The Bertz CT molecular complexity index is 1050. The van der Waals surface area contributed by atoms with E-state index in [-0.39, 0.29) is 29.9 Å². The first-order chi connectivity index (χ1) is 17.3. The highest BCUT2D eigenvalue weighted by Crippen LogP contribution is 2.56. The molecule has 1 aliphatic heterocycles. The molecule has 7 aliphatic rings. The molecule has 3 N–H and O–H groups in total. The van der Waals surface area contributed by atoms with E-state index in [1.54, 1.807) is 11.8 Å². The normalized spacial score (nSPS) is 40.4. The van der Waals surface area contributed by atoms with Crippen molar-refractivity contribution in [3.05, 3.63) is 17.7 Å². The minimum atomic E-state index is -1.20. The van der Waals surface area contributed by atoms with E-state index in [9.17, 15) is 14.7 Å². The molecule has 0 radical (unpaired) electrons. The minimum absolute atomic E-state index is 0.0294. The van der Waals surface area contributed by atoms with E-state index in [1.807, 2.05) is 12.1 Å². The molecule has 1 aromatic rings. The molecule has 8 rings (SSSR count). The summed E-state index contributed by atoms with van der Waals surface area (Å²) in [7, 11) is 0. The average molecular weight is 514 g/mol. The van der Waals surface area contributed by atoms with E-state index >= 15 is 0 Å². The van der Waals surface area contributed by atoms with Crippen molar-refractivity contribution in [3.63, 3.8) is 0 Å². The Balaban J connectivity index is 1.09. The van der Waals surface area contributed by atoms with E-state index in [1.165, 1.54) is 12.8 Å². The summed E-state index contributed by atoms with van der Waals surface area (Å²) in [6.45, 7) is 1.48. The third-order valence-corrected chi connectivity index (χ3v) is 11.2. The average Bonchev–Trinajstić information content (AvgIpc) is 3.21. The molecule has 194 valence electrons. The molecule has 36 heavy (non-hydrogen) atoms. The molecule has 2 heterocycles. The molecule has 0 aromatic carbocycles. The molecule has 6 aliphatic carbocycles. The third kappa shape index (κ3) is 4.06. The number of aliphatic hydroxyl groups is 1. The number of hydrogen-bond acceptors (Lipinski definition) is 7. The SMILES string of the molecule is O=C(O)OC1[C@H]2CN(c3ccc(C(=O)NC4C5CC6CC4CC(O)(C6)C5)c(SC4CCCC4)n3)C[C@@H]12. The third-order valence-electron chi connectivity index (χ3n) is 9.89. The lowest BCUT2D eigenvalue weighted by atomic mass is 9.52. The zero-order valence-corrected chi connectivity index (χ0v) is 21.3. The topological polar surface area (TPSA) is 112 Å². The first kappa shape index (κ1) is 23.1. The van der Waals surface area contributed by atoms with Crippen LogP contribution in [0, 0.1) is 29.6 Å². The van der Waals surface area contributed by atoms with Crippen molar-refractivity contribution in [2.75, 3.05) is 18.0 Å². The Morgan fingerprint density at radius 2 is 1.78 bits per heavy atom. The molecule has 1 amide bonds. The second kappa shape index (κ2) is 8.51. The van der Waals surface area contributed by atoms with Crippen molar-refractivity contribution in [3.8, 4) is 0 Å². The minimum Gasteiger partial charge on any atom is -0.450 e. The second-order valence-corrected chi connectivity index (χ2v) is 13.6. The van der Waals surface area contributed by atoms with Gasteiger partial charge in [-0.25, -0.2) is 9.78 Å². The molecule has 3 unspecified atom stereocenters. The predicted molar refractivity (Wildman–Crippen MR) is 134 cm³/mol. The summed E-state index contributed by atoms with van der Waals surface area (Å²) < 4.78 is 4.99. The first-order valence-corrected chi connectivity index (χ1v) is 14.6. The van der Waals surface area contributed by atoms with Crippen molar-refractivity contribution in [2.24, 2.45) is 29.6 Å². The maximum Gasteiger partial charge on any atom is 0.506 e. The number of ether oxygens (including phenoxy) is 1. The van der Waals surface area contributed by atoms with Crippen molar-refractivity contribution < 1.29 is 24.5 Å². The van der Waals surface area contributed by atoms with Gasteiger partial charge in [-0.15, -0.1) is 11.8 Å². The van der Waals surface area contributed by atoms with Crippen molar-refractivity contribution in [2.45, 2.75) is 85.8 Å². The Kier molecular flexibility index (Phi) is 5.47. The zero-order valence-electron chi connectivity index (χ0n) is 20.5. The molecule has 4 bridgehead atoms. The lowest BCUT2D eigenvalue weighted by molar-refractivity contribution is -0.136. The van der Waals surface area contributed by atoms with Crippen LogP contribution in [0.1, 0.15) is 68.1 Å². The first-order valence-electron chi connectivity index (χ1n) is 13.7. The fourth-order valence-corrected chi connectivity index (χ4v) is 9.75. The van der Waals surface area contributed by atoms with Gasteiger partial charge in [0.2, 0.25) is 0 Å². The van der Waals surface area contributed by atoms with E-state index in [2.05, 4.69) is 10.2 Å². The van der Waals surface area contributed by atoms with E-state index in [0.717, 1.165) is 68.9 Å². The molecule has 7 fully saturated rings. The summed E-state index contributed by atoms with van der Waals surface area (Å²) in [6.07, 6.45) is 8.21. The number of rotatable bonds is 6. The van der Waals surface area contributed by atoms with Crippen LogP contribution in [-0.2, 0) is 4.74 Å². The molecular formula is C27H35N3O5S. The maximum absolute atomic E-state index is 13.6. The van der Waals surface area contributed by atoms with Crippen molar-refractivity contribution in [1.29, 1.82) is 0 Å². The summed E-state index contributed by atoms with van der Waals surface area (Å²) in [5, 5.41) is 24.5. The summed E-state index contributed by atoms with van der Waals surface area (Å²) >= 11 is 1.75. The summed E-state index contributed by atoms with van der Waals surface area (Å²) in [4.78, 5) is 31.7. The lowest BCUT2D eigenvalue weighted by Crippen LogP contribution is -2.61. The molecule has 9 heteroatoms. The van der Waals surface area contributed by atoms with E-state index < -0.39 is 11.8 Å². The highest BCUT2D eigenvalue weighted by Gasteiger charge is 2.59. The van der Waals surface area contributed by atoms with Gasteiger partial charge in [-0.3, -0.25) is 4.79 Å². The number of hydrogen-bond donors (Lipinski definition) is 3. The van der Waals surface area contributed by atoms with Crippen LogP contribution in [0.15, 0.2) is 17.2 Å². The largest absolute Gasteiger partial charge is 0.506 e. The maximum atomic E-state index is 13.6. The van der Waals surface area contributed by atoms with Crippen molar-refractivity contribution in [1.82, 2.24) is 10.3 Å². The lowest BCUT2D eigenvalue weighted by Gasteiger charge is -2.58. The van der Waals surface area contributed by atoms with Gasteiger partial charge in [0.05, 0.1) is 11.2 Å². The van der Waals surface area contributed by atoms with Crippen LogP contribution in [0.25, 0.3) is 0 Å². The van der Waals surface area contributed by atoms with Crippen LogP contribution < -0.4 is 10.2 Å². The highest BCUT2D eigenvalue weighted by atomic mass is 32.2. The molecular weight excluding hydrogens is 478 g/mol. The fourth-order valence-electron chi connectivity index (χ4n) is 8.43. The van der Waals surface area contributed by atoms with Gasteiger partial charge >= 0.3 is 6.16 Å². The molecule has 5 atom stereocenters. The number of thioether (sulfide) groups is 1. The Morgan fingerprint density at radius 3 is 2.42 bits per heavy atom. The molecule has 6 saturated carbocycles. The van der Waals surface area contributed by atoms with Gasteiger partial charge < -0.3 is 25.2 Å². The molecule has 8 nitrogen and oxygen atoms in total. The Hall–Kier alpha value is -2.00. The van der Waals surface area contributed by atoms with Crippen LogP contribution in [0.3, 0.4) is 0 Å². The number of pyridine rings is 1. The summed E-state index contributed by atoms with van der Waals surface area (Å²) in [5.74, 6) is 2.68. The standard InChI is InChI=1S/C27H35N3O5S/c31-24(29-22-15-7-14-8-16(22)11-27(34,9-14)10-15)18-5-6-21(28-25(18)36-17-3-1-2-4-17)30-12-19-20(13-30)23(19)35-26(32)33/h5-6,14-17,19-20,22-23,34H,1-4,7-13H2,(H,29,31)(H,32,33)/t14?,15?,16?,19-,20+,22?,23?,27?. The van der Waals surface area contributed by atoms with Crippen LogP contribution in [-0.4, -0.2) is 63.3 Å². The summed E-state index contributed by atoms with van der Waals surface area (Å²) in [6, 6.07) is 4.04. The number of aromatic nitrogens is 1. The number of piperidine rings is 1. The number of amides is 1. The second-order valence-electron chi connectivity index (χ2n) is 12.3. The van der Waals surface area contributed by atoms with Gasteiger partial charge in [0.15, 0.2) is 0 Å². The van der Waals surface area contributed by atoms with Gasteiger partial charge in [0.1, 0.15) is 16.9 Å². The van der Waals surface area contributed by atoms with Gasteiger partial charge in [0.25, 0.3) is 5.91 Å². The van der Waals surface area contributed by atoms with Crippen LogP contribution in [0.2, 0.25) is 0 Å². The van der Waals surface area contributed by atoms with E-state index in [4.69, 9.17) is 14.8 Å². The van der Waals surface area contributed by atoms with Crippen LogP contribution in [0.4, 0.5) is 10.6 Å². The Morgan fingerprint density at radius 1 is 1.08 bits per heavy atom. The quantitative estimate of drug-likeness (QED) is 0.491.